The lowest BCUT2D eigenvalue weighted by Gasteiger charge is -2.20. The van der Waals surface area contributed by atoms with Crippen LogP contribution >= 0.6 is 0 Å². The number of nitrogens with zero attached hydrogens (tertiary/aromatic N) is 1. The molecule has 1 unspecified atom stereocenters. The largest absolute Gasteiger partial charge is 0.360 e. The van der Waals surface area contributed by atoms with Gasteiger partial charge in [0.25, 0.3) is 0 Å². The molecule has 0 saturated heterocycles. The fourth-order valence-electron chi connectivity index (χ4n) is 2.24. The Kier molecular flexibility index (Phi) is 4.23. The van der Waals surface area contributed by atoms with Gasteiger partial charge in [-0.2, -0.15) is 0 Å². The van der Waals surface area contributed by atoms with Crippen molar-refractivity contribution >= 4 is 11.7 Å². The fraction of sp³-hybridized carbons (Fsp3) is 0.375. The van der Waals surface area contributed by atoms with E-state index >= 15 is 0 Å². The first-order chi connectivity index (χ1) is 9.47. The zero-order valence-electron chi connectivity index (χ0n) is 12.3. The number of amides is 1. The summed E-state index contributed by atoms with van der Waals surface area (Å²) in [7, 11) is 0. The maximum absolute atomic E-state index is 12.5. The standard InChI is InChI=1S/C16H20N2O2/c1-10(2)15(13-7-5-11(3)6-8-13)16(19)17-14-9-12(4)20-18-14/h5-10,15H,1-4H3,(H,17,18,19). The SMILES string of the molecule is Cc1ccc(C(C(=O)Nc2cc(C)on2)C(C)C)cc1. The molecule has 1 N–H and O–H groups in total. The van der Waals surface area contributed by atoms with Gasteiger partial charge in [0.1, 0.15) is 5.76 Å². The summed E-state index contributed by atoms with van der Waals surface area (Å²) in [5, 5.41) is 6.61. The summed E-state index contributed by atoms with van der Waals surface area (Å²) >= 11 is 0. The maximum Gasteiger partial charge on any atom is 0.233 e. The summed E-state index contributed by atoms with van der Waals surface area (Å²) in [5.74, 6) is 1.08. The van der Waals surface area contributed by atoms with E-state index in [1.54, 1.807) is 13.0 Å². The number of hydrogen-bond acceptors (Lipinski definition) is 3. The Morgan fingerprint density at radius 3 is 2.35 bits per heavy atom. The van der Waals surface area contributed by atoms with Gasteiger partial charge in [-0.05, 0) is 25.3 Å². The van der Waals surface area contributed by atoms with Crippen molar-refractivity contribution < 1.29 is 9.32 Å². The molecule has 20 heavy (non-hydrogen) atoms. The topological polar surface area (TPSA) is 55.1 Å². The monoisotopic (exact) mass is 272 g/mol. The smallest absolute Gasteiger partial charge is 0.233 e. The lowest BCUT2D eigenvalue weighted by Crippen LogP contribution is -2.25. The molecule has 1 atom stereocenters. The summed E-state index contributed by atoms with van der Waals surface area (Å²) in [6.07, 6.45) is 0. The van der Waals surface area contributed by atoms with Crippen LogP contribution in [-0.4, -0.2) is 11.1 Å². The van der Waals surface area contributed by atoms with Gasteiger partial charge in [-0.1, -0.05) is 48.8 Å². The van der Waals surface area contributed by atoms with E-state index in [2.05, 4.69) is 10.5 Å². The van der Waals surface area contributed by atoms with Crippen LogP contribution < -0.4 is 5.32 Å². The second-order valence-corrected chi connectivity index (χ2v) is 5.44. The normalized spacial score (nSPS) is 12.4. The van der Waals surface area contributed by atoms with E-state index in [1.165, 1.54) is 5.56 Å². The highest BCUT2D eigenvalue weighted by Crippen LogP contribution is 2.26. The Bertz CT molecular complexity index is 585. The van der Waals surface area contributed by atoms with Crippen LogP contribution in [-0.2, 0) is 4.79 Å². The molecule has 1 amide bonds. The molecule has 0 bridgehead atoms. The number of nitrogens with one attached hydrogen (secondary N) is 1. The third kappa shape index (κ3) is 3.26. The molecule has 4 nitrogen and oxygen atoms in total. The summed E-state index contributed by atoms with van der Waals surface area (Å²) in [6.45, 7) is 7.91. The fourth-order valence-corrected chi connectivity index (χ4v) is 2.24. The van der Waals surface area contributed by atoms with Gasteiger partial charge in [0.05, 0.1) is 5.92 Å². The minimum atomic E-state index is -0.201. The number of carbonyl (C=O) groups excluding carboxylic acids is 1. The molecule has 0 radical (unpaired) electrons. The first kappa shape index (κ1) is 14.3. The molecule has 1 aromatic carbocycles. The quantitative estimate of drug-likeness (QED) is 0.923. The van der Waals surface area contributed by atoms with E-state index in [4.69, 9.17) is 4.52 Å². The van der Waals surface area contributed by atoms with Gasteiger partial charge in [-0.25, -0.2) is 0 Å². The van der Waals surface area contributed by atoms with Crippen LogP contribution in [0.2, 0.25) is 0 Å². The average molecular weight is 272 g/mol. The predicted octanol–water partition coefficient (Wildman–Crippen LogP) is 3.67. The number of aromatic nitrogens is 1. The van der Waals surface area contributed by atoms with Crippen molar-refractivity contribution in [3.63, 3.8) is 0 Å². The Morgan fingerprint density at radius 2 is 1.85 bits per heavy atom. The second kappa shape index (κ2) is 5.90. The Labute approximate surface area is 119 Å². The minimum absolute atomic E-state index is 0.0582. The minimum Gasteiger partial charge on any atom is -0.360 e. The summed E-state index contributed by atoms with van der Waals surface area (Å²) in [4.78, 5) is 12.5. The summed E-state index contributed by atoms with van der Waals surface area (Å²) < 4.78 is 4.96. The molecule has 0 saturated carbocycles. The van der Waals surface area contributed by atoms with Crippen molar-refractivity contribution in [2.75, 3.05) is 5.32 Å². The van der Waals surface area contributed by atoms with E-state index in [0.29, 0.717) is 11.6 Å². The lowest BCUT2D eigenvalue weighted by atomic mass is 9.87. The van der Waals surface area contributed by atoms with E-state index in [1.807, 2.05) is 45.0 Å². The molecule has 4 heteroatoms. The Balaban J connectivity index is 2.20. The molecule has 1 aromatic heterocycles. The van der Waals surface area contributed by atoms with Crippen LogP contribution in [0.4, 0.5) is 5.82 Å². The van der Waals surface area contributed by atoms with Crippen LogP contribution in [0.5, 0.6) is 0 Å². The number of benzene rings is 1. The van der Waals surface area contributed by atoms with Crippen LogP contribution in [0.3, 0.4) is 0 Å². The van der Waals surface area contributed by atoms with Crippen molar-refractivity contribution in [3.05, 3.63) is 47.2 Å². The van der Waals surface area contributed by atoms with Gasteiger partial charge in [0, 0.05) is 6.07 Å². The van der Waals surface area contributed by atoms with Gasteiger partial charge in [-0.3, -0.25) is 4.79 Å². The molecular weight excluding hydrogens is 252 g/mol. The number of rotatable bonds is 4. The average Bonchev–Trinajstić information content (AvgIpc) is 2.77. The van der Waals surface area contributed by atoms with Gasteiger partial charge < -0.3 is 9.84 Å². The van der Waals surface area contributed by atoms with Crippen LogP contribution in [0.1, 0.15) is 36.7 Å². The van der Waals surface area contributed by atoms with Gasteiger partial charge in [0.15, 0.2) is 5.82 Å². The maximum atomic E-state index is 12.5. The number of anilines is 1. The number of hydrogen-bond donors (Lipinski definition) is 1. The highest BCUT2D eigenvalue weighted by molar-refractivity contribution is 5.95. The third-order valence-corrected chi connectivity index (χ3v) is 3.26. The zero-order chi connectivity index (χ0) is 14.7. The second-order valence-electron chi connectivity index (χ2n) is 5.44. The van der Waals surface area contributed by atoms with Crippen molar-refractivity contribution in [1.29, 1.82) is 0 Å². The van der Waals surface area contributed by atoms with Crippen molar-refractivity contribution in [2.45, 2.75) is 33.6 Å². The predicted molar refractivity (Wildman–Crippen MR) is 78.6 cm³/mol. The highest BCUT2D eigenvalue weighted by atomic mass is 16.5. The molecule has 2 aromatic rings. The Hall–Kier alpha value is -2.10. The molecule has 0 aliphatic carbocycles. The van der Waals surface area contributed by atoms with Crippen molar-refractivity contribution in [2.24, 2.45) is 5.92 Å². The van der Waals surface area contributed by atoms with E-state index < -0.39 is 0 Å². The van der Waals surface area contributed by atoms with Gasteiger partial charge in [-0.15, -0.1) is 0 Å². The number of aryl methyl sites for hydroxylation is 2. The molecular formula is C16H20N2O2. The Morgan fingerprint density at radius 1 is 1.20 bits per heavy atom. The highest BCUT2D eigenvalue weighted by Gasteiger charge is 2.24. The first-order valence-electron chi connectivity index (χ1n) is 6.78. The van der Waals surface area contributed by atoms with E-state index in [-0.39, 0.29) is 17.7 Å². The van der Waals surface area contributed by atoms with E-state index in [0.717, 1.165) is 5.56 Å². The van der Waals surface area contributed by atoms with Crippen molar-refractivity contribution in [3.8, 4) is 0 Å². The molecule has 0 fully saturated rings. The van der Waals surface area contributed by atoms with Gasteiger partial charge >= 0.3 is 0 Å². The van der Waals surface area contributed by atoms with Gasteiger partial charge in [0.2, 0.25) is 5.91 Å². The van der Waals surface area contributed by atoms with Crippen molar-refractivity contribution in [1.82, 2.24) is 5.16 Å². The lowest BCUT2D eigenvalue weighted by molar-refractivity contribution is -0.118. The van der Waals surface area contributed by atoms with E-state index in [9.17, 15) is 4.79 Å². The summed E-state index contributed by atoms with van der Waals surface area (Å²) in [5.41, 5.74) is 2.20. The molecule has 2 rings (SSSR count). The van der Waals surface area contributed by atoms with Crippen LogP contribution in [0, 0.1) is 19.8 Å². The molecule has 0 spiro atoms. The molecule has 0 aliphatic heterocycles. The molecule has 106 valence electrons. The first-order valence-corrected chi connectivity index (χ1v) is 6.78. The van der Waals surface area contributed by atoms with Crippen LogP contribution in [0.15, 0.2) is 34.9 Å². The molecule has 1 heterocycles. The summed E-state index contributed by atoms with van der Waals surface area (Å²) in [6, 6.07) is 9.78. The van der Waals surface area contributed by atoms with Crippen LogP contribution in [0.25, 0.3) is 0 Å². The molecule has 0 aliphatic rings. The number of carbonyl (C=O) groups is 1. The third-order valence-electron chi connectivity index (χ3n) is 3.26. The zero-order valence-corrected chi connectivity index (χ0v) is 12.3.